The second-order valence-corrected chi connectivity index (χ2v) is 36.9. The monoisotopic (exact) mass is 1510 g/mol. The fraction of sp³-hybridized carbons (Fsp3) is 0.176. The van der Waals surface area contributed by atoms with Crippen LogP contribution in [0.1, 0.15) is 44.5 Å². The van der Waals surface area contributed by atoms with Gasteiger partial charge >= 0.3 is 21.2 Å². The third-order valence-corrected chi connectivity index (χ3v) is 33.1. The number of rotatable bonds is 16. The minimum absolute atomic E-state index is 0.0391. The Bertz CT molecular complexity index is 5050. The van der Waals surface area contributed by atoms with Crippen molar-refractivity contribution in [1.29, 1.82) is 0 Å². The second-order valence-electron chi connectivity index (χ2n) is 22.4. The molecule has 0 spiro atoms. The normalized spacial score (nSPS) is 15.8. The van der Waals surface area contributed by atoms with E-state index in [9.17, 15) is 0 Å². The molecule has 4 aliphatic heterocycles. The number of thioether (sulfide) groups is 8. The third kappa shape index (κ3) is 11.2. The van der Waals surface area contributed by atoms with Crippen molar-refractivity contribution >= 4 is 195 Å². The second kappa shape index (κ2) is 25.9. The van der Waals surface area contributed by atoms with Crippen molar-refractivity contribution in [3.63, 3.8) is 0 Å². The Morgan fingerprint density at radius 2 is 0.598 bits per heavy atom. The Morgan fingerprint density at radius 3 is 0.876 bits per heavy atom. The number of aromatic nitrogens is 2. The van der Waals surface area contributed by atoms with Gasteiger partial charge in [0.2, 0.25) is 0 Å². The molecular formula is C68H54F6N8O4P2S8Si. The highest BCUT2D eigenvalue weighted by molar-refractivity contribution is 8.00. The van der Waals surface area contributed by atoms with Gasteiger partial charge in [-0.2, -0.15) is 26.3 Å². The molecule has 494 valence electrons. The van der Waals surface area contributed by atoms with Gasteiger partial charge in [-0.25, -0.2) is 30.0 Å². The average Bonchev–Trinajstić information content (AvgIpc) is 1.54. The van der Waals surface area contributed by atoms with Crippen LogP contribution in [0, 0.1) is 13.8 Å². The highest BCUT2D eigenvalue weighted by Crippen LogP contribution is 2.59. The summed E-state index contributed by atoms with van der Waals surface area (Å²) in [6, 6.07) is 36.6. The van der Waals surface area contributed by atoms with E-state index in [1.54, 1.807) is 57.0 Å². The van der Waals surface area contributed by atoms with Crippen LogP contribution < -0.4 is 32.2 Å². The maximum atomic E-state index is 18.5. The summed E-state index contributed by atoms with van der Waals surface area (Å²) in [5.41, 5.74) is 1.93. The largest absolute Gasteiger partial charge is 0.614 e. The number of aryl methyl sites for hydroxylation is 2. The molecule has 12 nitrogen and oxygen atoms in total. The number of halogens is 6. The minimum Gasteiger partial charge on any atom is -0.301 e. The van der Waals surface area contributed by atoms with Crippen LogP contribution in [0.5, 0.6) is 0 Å². The van der Waals surface area contributed by atoms with E-state index < -0.39 is 57.7 Å². The standard InChI is InChI=1S/C68H54F6N8O4P2S8Si/c1-35-11-19-39(20-12-35)87(83,40-21-13-36(2)14-22-40)85-97(86-88(84,41-23-15-37(16-24-41)67(69,70)71)42-25-17-38(18-26-42)68(72,73)74)81-63-55-47(93-7)31-32-48(94-8)56(55)65(81)79-61-53-45(91-5)29-30-46(92-6)54(53)62(76-61)80-66-58-50(96-10)34-33-49(95-9)57(58)64(82(66)97)78-60-52-44(90-4)28-27-43(89-3)51(52)59(75-60)77-63/h11-34H,1-10H3. The molecule has 0 amide bonds. The molecule has 0 aliphatic carbocycles. The first-order valence-corrected chi connectivity index (χ1v) is 44.3. The Balaban J connectivity index is 1.35. The molecule has 97 heavy (non-hydrogen) atoms. The molecule has 0 fully saturated rings. The van der Waals surface area contributed by atoms with E-state index in [-0.39, 0.29) is 56.6 Å². The fourth-order valence-electron chi connectivity index (χ4n) is 12.4. The summed E-state index contributed by atoms with van der Waals surface area (Å²) in [6.45, 7) is 3.75. The van der Waals surface area contributed by atoms with Gasteiger partial charge in [-0.3, -0.25) is 17.6 Å². The van der Waals surface area contributed by atoms with E-state index >= 15 is 35.5 Å². The highest BCUT2D eigenvalue weighted by Gasteiger charge is 2.62. The molecule has 29 heteroatoms. The summed E-state index contributed by atoms with van der Waals surface area (Å²) in [4.78, 5) is 40.1. The molecule has 0 radical (unpaired) electrons. The van der Waals surface area contributed by atoms with Crippen LogP contribution in [0.2, 0.25) is 0 Å². The van der Waals surface area contributed by atoms with Crippen LogP contribution in [0.25, 0.3) is 21.5 Å². The molecule has 2 aromatic heterocycles. The van der Waals surface area contributed by atoms with Crippen molar-refractivity contribution in [2.45, 2.75) is 65.4 Å². The van der Waals surface area contributed by atoms with Gasteiger partial charge in [-0.05, 0) is 185 Å². The SMILES string of the molecule is CSc1ccc(SC)c2c1C1=NC2=Nc2c3c(SC)ccc(SC)c3c3n2[Si](OP(=O)(c2ccc(C)cc2)c2ccc(C)cc2)(OP(=O)(c2ccc(C(F)(F)F)cc2)c2ccc(C(F)(F)F)cc2)n2c(c4c(SC)ccc(SC)c4c2=NC2=NC(=N3)c3c(SC)ccc(SC)c32)=N1. The molecule has 4 aliphatic rings. The van der Waals surface area contributed by atoms with E-state index in [2.05, 4.69) is 0 Å². The van der Waals surface area contributed by atoms with Gasteiger partial charge in [0.25, 0.3) is 14.7 Å². The number of aliphatic imine (C=N–C) groups is 4. The van der Waals surface area contributed by atoms with Crippen molar-refractivity contribution < 1.29 is 43.9 Å². The van der Waals surface area contributed by atoms with Gasteiger partial charge in [0.05, 0.1) is 11.1 Å². The van der Waals surface area contributed by atoms with Crippen LogP contribution >= 0.6 is 109 Å². The zero-order valence-electron chi connectivity index (χ0n) is 53.0. The van der Waals surface area contributed by atoms with Crippen molar-refractivity contribution in [1.82, 2.24) is 8.47 Å². The molecule has 6 heterocycles. The molecule has 0 saturated heterocycles. The quantitative estimate of drug-likeness (QED) is 0.0394. The van der Waals surface area contributed by atoms with E-state index in [1.807, 2.05) is 112 Å². The lowest BCUT2D eigenvalue weighted by molar-refractivity contribution is -0.138. The molecule has 0 N–H and O–H groups in total. The average molecular weight is 1510 g/mol. The summed E-state index contributed by atoms with van der Waals surface area (Å²) in [5, 5.41) is 1.31. The topological polar surface area (TPSA) is 137 Å². The van der Waals surface area contributed by atoms with Gasteiger partial charge in [-0.15, -0.1) is 94.1 Å². The molecule has 8 aromatic carbocycles. The minimum atomic E-state index is -6.28. The number of nitrogens with zero attached hydrogens (tertiary/aromatic N) is 8. The van der Waals surface area contributed by atoms with Gasteiger partial charge < -0.3 is 8.43 Å². The molecule has 1 unspecified atom stereocenters. The van der Waals surface area contributed by atoms with Crippen LogP contribution in [-0.2, 0) is 29.9 Å². The Morgan fingerprint density at radius 1 is 0.340 bits per heavy atom. The Labute approximate surface area is 589 Å². The van der Waals surface area contributed by atoms with E-state index in [0.29, 0.717) is 63.4 Å². The first-order chi connectivity index (χ1) is 46.5. The van der Waals surface area contributed by atoms with Crippen molar-refractivity contribution in [3.05, 3.63) is 201 Å². The fourth-order valence-corrected chi connectivity index (χ4v) is 28.0. The summed E-state index contributed by atoms with van der Waals surface area (Å²) < 4.78 is 147. The highest BCUT2D eigenvalue weighted by atomic mass is 32.2. The third-order valence-electron chi connectivity index (χ3n) is 17.1. The number of hydrogen-bond donors (Lipinski definition) is 0. The molecule has 10 aromatic rings. The summed E-state index contributed by atoms with van der Waals surface area (Å²) >= 11 is 11.5. The zero-order valence-corrected chi connectivity index (χ0v) is 62.3. The van der Waals surface area contributed by atoms with Crippen molar-refractivity contribution in [2.75, 3.05) is 50.0 Å². The summed E-state index contributed by atoms with van der Waals surface area (Å²) in [6.07, 6.45) is 5.61. The number of benzene rings is 8. The lowest BCUT2D eigenvalue weighted by Gasteiger charge is -2.38. The lowest BCUT2D eigenvalue weighted by Crippen LogP contribution is -2.64. The summed E-state index contributed by atoms with van der Waals surface area (Å²) in [7, 11) is -16.8. The van der Waals surface area contributed by atoms with Crippen molar-refractivity contribution in [2.24, 2.45) is 30.0 Å². The maximum absolute atomic E-state index is 18.5. The molecule has 14 rings (SSSR count). The van der Waals surface area contributed by atoms with Gasteiger partial charge in [0, 0.05) is 104 Å². The van der Waals surface area contributed by atoms with Crippen molar-refractivity contribution in [3.8, 4) is 0 Å². The smallest absolute Gasteiger partial charge is 0.301 e. The van der Waals surface area contributed by atoms with Crippen LogP contribution in [0.4, 0.5) is 38.0 Å². The van der Waals surface area contributed by atoms with Gasteiger partial charge in [0.15, 0.2) is 23.3 Å². The van der Waals surface area contributed by atoms with Crippen LogP contribution in [-0.4, -0.2) is 90.7 Å². The molecule has 0 saturated carbocycles. The molecular weight excluding hydrogens is 1450 g/mol. The number of fused-ring (bicyclic) bond motifs is 14. The van der Waals surface area contributed by atoms with Gasteiger partial charge in [-0.1, -0.05) is 35.4 Å². The molecule has 1 atom stereocenters. The van der Waals surface area contributed by atoms with E-state index in [1.165, 1.54) is 94.1 Å². The summed E-state index contributed by atoms with van der Waals surface area (Å²) in [5.74, 6) is 0.816. The van der Waals surface area contributed by atoms with Crippen LogP contribution in [0.3, 0.4) is 0 Å². The Kier molecular flexibility index (Phi) is 18.2. The van der Waals surface area contributed by atoms with E-state index in [4.69, 9.17) is 38.4 Å². The number of hydrogen-bond acceptors (Lipinski definition) is 18. The maximum Gasteiger partial charge on any atom is 0.614 e. The lowest BCUT2D eigenvalue weighted by atomic mass is 10.1. The van der Waals surface area contributed by atoms with Gasteiger partial charge in [0.1, 0.15) is 22.6 Å². The van der Waals surface area contributed by atoms with Crippen LogP contribution in [0.15, 0.2) is 215 Å². The number of amidine groups is 4. The predicted molar refractivity (Wildman–Crippen MR) is 397 cm³/mol. The van der Waals surface area contributed by atoms with E-state index in [0.717, 1.165) is 79.2 Å². The first-order valence-electron chi connectivity index (χ1n) is 29.5. The molecule has 6 bridgehead atoms. The first kappa shape index (κ1) is 68.2. The zero-order chi connectivity index (χ0) is 68.4. The predicted octanol–water partition coefficient (Wildman–Crippen LogP) is 17.7. The number of alkyl halides is 6. The Hall–Kier alpha value is -5.90.